The number of halogens is 1. The van der Waals surface area contributed by atoms with E-state index in [1.54, 1.807) is 12.4 Å². The fourth-order valence-corrected chi connectivity index (χ4v) is 2.40. The molecule has 5 nitrogen and oxygen atoms in total. The molecule has 0 unspecified atom stereocenters. The van der Waals surface area contributed by atoms with Crippen molar-refractivity contribution in [3.8, 4) is 0 Å². The van der Waals surface area contributed by atoms with Crippen LogP contribution < -0.4 is 4.90 Å². The number of aliphatic hydroxyl groups excluding tert-OH is 1. The van der Waals surface area contributed by atoms with E-state index in [0.717, 1.165) is 30.2 Å². The molecule has 94 valence electrons. The van der Waals surface area contributed by atoms with E-state index in [2.05, 4.69) is 15.1 Å². The van der Waals surface area contributed by atoms with Crippen LogP contribution in [0.1, 0.15) is 11.4 Å². The van der Waals surface area contributed by atoms with E-state index in [4.69, 9.17) is 11.6 Å². The molecule has 2 heterocycles. The summed E-state index contributed by atoms with van der Waals surface area (Å²) in [7, 11) is 0. The van der Waals surface area contributed by atoms with Gasteiger partial charge >= 0.3 is 0 Å². The third-order valence-electron chi connectivity index (χ3n) is 3.20. The number of nitrogens with zero attached hydrogens (tertiary/aromatic N) is 4. The van der Waals surface area contributed by atoms with E-state index >= 15 is 0 Å². The van der Waals surface area contributed by atoms with Gasteiger partial charge in [0, 0.05) is 29.4 Å². The Bertz CT molecular complexity index is 569. The van der Waals surface area contributed by atoms with E-state index < -0.39 is 0 Å². The van der Waals surface area contributed by atoms with Crippen LogP contribution in [0.2, 0.25) is 5.02 Å². The standard InChI is InChI=1S/C12H13ClN4O/c13-10-2-1-9(7-18)11(5-10)16-3-4-17-8-14-15-12(17)6-16/h1-2,5,8,18H,3-4,6-7H2. The van der Waals surface area contributed by atoms with Crippen LogP contribution in [0.5, 0.6) is 0 Å². The van der Waals surface area contributed by atoms with E-state index in [0.29, 0.717) is 11.6 Å². The Morgan fingerprint density at radius 3 is 3.06 bits per heavy atom. The first-order chi connectivity index (χ1) is 8.78. The molecule has 0 saturated carbocycles. The highest BCUT2D eigenvalue weighted by molar-refractivity contribution is 6.30. The lowest BCUT2D eigenvalue weighted by Crippen LogP contribution is -2.34. The minimum absolute atomic E-state index is 0.00962. The maximum absolute atomic E-state index is 9.39. The van der Waals surface area contributed by atoms with Crippen molar-refractivity contribution in [1.82, 2.24) is 14.8 Å². The summed E-state index contributed by atoms with van der Waals surface area (Å²) in [5.74, 6) is 0.935. The molecule has 6 heteroatoms. The first-order valence-corrected chi connectivity index (χ1v) is 6.16. The summed E-state index contributed by atoms with van der Waals surface area (Å²) >= 11 is 6.03. The molecule has 1 N–H and O–H groups in total. The summed E-state index contributed by atoms with van der Waals surface area (Å²) in [5.41, 5.74) is 1.85. The molecule has 1 aliphatic rings. The second-order valence-corrected chi connectivity index (χ2v) is 4.73. The van der Waals surface area contributed by atoms with Crippen molar-refractivity contribution in [3.63, 3.8) is 0 Å². The number of rotatable bonds is 2. The second-order valence-electron chi connectivity index (χ2n) is 4.29. The predicted molar refractivity (Wildman–Crippen MR) is 68.4 cm³/mol. The van der Waals surface area contributed by atoms with Gasteiger partial charge in [0.2, 0.25) is 0 Å². The molecule has 1 aliphatic heterocycles. The van der Waals surface area contributed by atoms with Gasteiger partial charge in [-0.2, -0.15) is 0 Å². The van der Waals surface area contributed by atoms with Crippen LogP contribution in [0.25, 0.3) is 0 Å². The molecule has 1 aromatic heterocycles. The van der Waals surface area contributed by atoms with Gasteiger partial charge in [0.25, 0.3) is 0 Å². The largest absolute Gasteiger partial charge is 0.392 e. The first-order valence-electron chi connectivity index (χ1n) is 5.79. The Balaban J connectivity index is 1.94. The summed E-state index contributed by atoms with van der Waals surface area (Å²) in [6, 6.07) is 5.54. The number of aliphatic hydroxyl groups is 1. The lowest BCUT2D eigenvalue weighted by Gasteiger charge is -2.30. The van der Waals surface area contributed by atoms with E-state index in [-0.39, 0.29) is 6.61 Å². The third kappa shape index (κ3) is 1.95. The van der Waals surface area contributed by atoms with Crippen molar-refractivity contribution < 1.29 is 5.11 Å². The highest BCUT2D eigenvalue weighted by Gasteiger charge is 2.19. The maximum atomic E-state index is 9.39. The van der Waals surface area contributed by atoms with Crippen LogP contribution in [0.15, 0.2) is 24.5 Å². The second kappa shape index (κ2) is 4.59. The lowest BCUT2D eigenvalue weighted by atomic mass is 10.1. The van der Waals surface area contributed by atoms with Crippen molar-refractivity contribution in [3.05, 3.63) is 40.9 Å². The van der Waals surface area contributed by atoms with Gasteiger partial charge in [-0.15, -0.1) is 10.2 Å². The third-order valence-corrected chi connectivity index (χ3v) is 3.43. The molecule has 3 rings (SSSR count). The molecule has 0 saturated heterocycles. The molecule has 0 radical (unpaired) electrons. The molecular weight excluding hydrogens is 252 g/mol. The van der Waals surface area contributed by atoms with E-state index in [9.17, 15) is 5.11 Å². The number of benzene rings is 1. The topological polar surface area (TPSA) is 54.2 Å². The fourth-order valence-electron chi connectivity index (χ4n) is 2.24. The number of hydrogen-bond acceptors (Lipinski definition) is 4. The number of aromatic nitrogens is 3. The van der Waals surface area contributed by atoms with Crippen molar-refractivity contribution in [1.29, 1.82) is 0 Å². The normalized spacial score (nSPS) is 14.7. The summed E-state index contributed by atoms with van der Waals surface area (Å²) in [4.78, 5) is 2.17. The van der Waals surface area contributed by atoms with Crippen molar-refractivity contribution in [2.24, 2.45) is 0 Å². The number of fused-ring (bicyclic) bond motifs is 1. The molecule has 0 aliphatic carbocycles. The molecule has 0 spiro atoms. The zero-order valence-corrected chi connectivity index (χ0v) is 10.5. The Hall–Kier alpha value is -1.59. The first kappa shape index (κ1) is 11.5. The van der Waals surface area contributed by atoms with Crippen molar-refractivity contribution >= 4 is 17.3 Å². The van der Waals surface area contributed by atoms with Gasteiger partial charge in [-0.1, -0.05) is 17.7 Å². The maximum Gasteiger partial charge on any atom is 0.152 e. The quantitative estimate of drug-likeness (QED) is 0.892. The van der Waals surface area contributed by atoms with Crippen LogP contribution in [0.3, 0.4) is 0 Å². The predicted octanol–water partition coefficient (Wildman–Crippen LogP) is 1.44. The monoisotopic (exact) mass is 264 g/mol. The summed E-state index contributed by atoms with van der Waals surface area (Å²) in [5, 5.41) is 18.1. The Morgan fingerprint density at radius 1 is 1.33 bits per heavy atom. The van der Waals surface area contributed by atoms with Gasteiger partial charge in [-0.05, 0) is 12.1 Å². The smallest absolute Gasteiger partial charge is 0.152 e. The average Bonchev–Trinajstić information content (AvgIpc) is 2.85. The average molecular weight is 265 g/mol. The van der Waals surface area contributed by atoms with Crippen LogP contribution in [0, 0.1) is 0 Å². The molecule has 0 atom stereocenters. The molecule has 0 amide bonds. The highest BCUT2D eigenvalue weighted by Crippen LogP contribution is 2.27. The minimum atomic E-state index is 0.00962. The van der Waals surface area contributed by atoms with Crippen LogP contribution in [0.4, 0.5) is 5.69 Å². The van der Waals surface area contributed by atoms with Crippen molar-refractivity contribution in [2.45, 2.75) is 19.7 Å². The molecule has 0 bridgehead atoms. The zero-order valence-electron chi connectivity index (χ0n) is 9.75. The summed E-state index contributed by atoms with van der Waals surface area (Å²) in [6.07, 6.45) is 1.75. The van der Waals surface area contributed by atoms with Crippen molar-refractivity contribution in [2.75, 3.05) is 11.4 Å². The van der Waals surface area contributed by atoms with Crippen LogP contribution in [-0.2, 0) is 19.7 Å². The fraction of sp³-hybridized carbons (Fsp3) is 0.333. The molecule has 0 fully saturated rings. The number of anilines is 1. The minimum Gasteiger partial charge on any atom is -0.392 e. The van der Waals surface area contributed by atoms with Gasteiger partial charge in [0.15, 0.2) is 5.82 Å². The Labute approximate surface area is 110 Å². The highest BCUT2D eigenvalue weighted by atomic mass is 35.5. The van der Waals surface area contributed by atoms with Gasteiger partial charge in [-0.3, -0.25) is 0 Å². The molecule has 1 aromatic carbocycles. The van der Waals surface area contributed by atoms with Gasteiger partial charge in [-0.25, -0.2) is 0 Å². The van der Waals surface area contributed by atoms with Gasteiger partial charge in [0.05, 0.1) is 13.2 Å². The summed E-state index contributed by atoms with van der Waals surface area (Å²) in [6.45, 7) is 2.40. The molecular formula is C12H13ClN4O. The lowest BCUT2D eigenvalue weighted by molar-refractivity contribution is 0.282. The summed E-state index contributed by atoms with van der Waals surface area (Å²) < 4.78 is 2.04. The number of hydrogen-bond donors (Lipinski definition) is 1. The van der Waals surface area contributed by atoms with E-state index in [1.807, 2.05) is 16.7 Å². The van der Waals surface area contributed by atoms with Crippen LogP contribution in [-0.4, -0.2) is 26.4 Å². The van der Waals surface area contributed by atoms with Crippen LogP contribution >= 0.6 is 11.6 Å². The Morgan fingerprint density at radius 2 is 2.22 bits per heavy atom. The van der Waals surface area contributed by atoms with E-state index in [1.165, 1.54) is 0 Å². The zero-order chi connectivity index (χ0) is 12.5. The Kier molecular flexibility index (Phi) is 2.93. The van der Waals surface area contributed by atoms with Gasteiger partial charge in [0.1, 0.15) is 6.33 Å². The molecule has 2 aromatic rings. The SMILES string of the molecule is OCc1ccc(Cl)cc1N1CCn2cnnc2C1. The van der Waals surface area contributed by atoms with Gasteiger partial charge < -0.3 is 14.6 Å². The molecule has 18 heavy (non-hydrogen) atoms.